The predicted octanol–water partition coefficient (Wildman–Crippen LogP) is -1.42. The summed E-state index contributed by atoms with van der Waals surface area (Å²) in [6.45, 7) is -2.69. The zero-order valence-corrected chi connectivity index (χ0v) is 28.9. The van der Waals surface area contributed by atoms with Crippen molar-refractivity contribution in [1.29, 1.82) is 0 Å². The average molecular weight is 755 g/mol. The van der Waals surface area contributed by atoms with Crippen LogP contribution in [0.4, 0.5) is 0 Å². The summed E-state index contributed by atoms with van der Waals surface area (Å²) in [5.41, 5.74) is 0.708. The fraction of sp³-hybridized carbons (Fsp3) is 0.471. The highest BCUT2D eigenvalue weighted by molar-refractivity contribution is 5.88. The van der Waals surface area contributed by atoms with E-state index in [-0.39, 0.29) is 34.5 Å². The third kappa shape index (κ3) is 9.10. The van der Waals surface area contributed by atoms with Gasteiger partial charge < -0.3 is 83.5 Å². The van der Waals surface area contributed by atoms with Crippen molar-refractivity contribution in [1.82, 2.24) is 0 Å². The van der Waals surface area contributed by atoms with E-state index in [4.69, 9.17) is 42.6 Å². The summed E-state index contributed by atoms with van der Waals surface area (Å²) in [4.78, 5) is 25.5. The quantitative estimate of drug-likeness (QED) is 0.0765. The van der Waals surface area contributed by atoms with Crippen molar-refractivity contribution < 1.29 is 93.1 Å². The van der Waals surface area contributed by atoms with Crippen molar-refractivity contribution in [2.75, 3.05) is 48.3 Å². The van der Waals surface area contributed by atoms with Crippen LogP contribution in [0.1, 0.15) is 11.1 Å². The Bertz CT molecular complexity index is 1590. The van der Waals surface area contributed by atoms with Gasteiger partial charge in [0, 0.05) is 12.2 Å². The molecule has 0 spiro atoms. The summed E-state index contributed by atoms with van der Waals surface area (Å²) < 4.78 is 47.8. The van der Waals surface area contributed by atoms with Crippen LogP contribution in [-0.4, -0.2) is 156 Å². The lowest BCUT2D eigenvalue weighted by Crippen LogP contribution is -2.63. The minimum atomic E-state index is -2.51. The number of hydrogen-bond acceptors (Lipinski definition) is 19. The fourth-order valence-corrected chi connectivity index (χ4v) is 5.49. The highest BCUT2D eigenvalue weighted by atomic mass is 16.8. The summed E-state index contributed by atoms with van der Waals surface area (Å²) in [6, 6.07) is 5.60. The summed E-state index contributed by atoms with van der Waals surface area (Å²) >= 11 is 0. The maximum atomic E-state index is 12.9. The van der Waals surface area contributed by atoms with Crippen LogP contribution in [0, 0.1) is 0 Å². The predicted molar refractivity (Wildman–Crippen MR) is 177 cm³/mol. The van der Waals surface area contributed by atoms with Crippen LogP contribution >= 0.6 is 0 Å². The summed E-state index contributed by atoms with van der Waals surface area (Å²) in [6.07, 6.45) is -9.97. The van der Waals surface area contributed by atoms with E-state index in [1.165, 1.54) is 64.9 Å². The Morgan fingerprint density at radius 1 is 0.717 bits per heavy atom. The standard InChI is InChI=1S/C34H42O19/c1-45-18-9-16(10-19(46-2)26(18)39)5-7-24(37)49-14-23-28(41)30(43)31(44)33(50-23)53-34(15-36)32(29(42)22(13-35)52-34)51-25(38)8-6-17-11-20(47-3)27(40)21(12-17)48-4/h5-12,22-23,28-33,35-36,39-44H,13-15H2,1-4H3/b7-5-,8-6+/t22-,23-,28-,29-,30+,31-,32+,33-,34-/m1/s1. The molecule has 2 aromatic rings. The Labute approximate surface area is 302 Å². The molecule has 2 aliphatic rings. The summed E-state index contributed by atoms with van der Waals surface area (Å²) in [5, 5.41) is 83.3. The van der Waals surface area contributed by atoms with Crippen LogP contribution in [0.2, 0.25) is 0 Å². The van der Waals surface area contributed by atoms with E-state index in [2.05, 4.69) is 0 Å². The molecule has 0 radical (unpaired) electrons. The number of phenolic OH excluding ortho intramolecular Hbond substituents is 2. The number of carbonyl (C=O) groups excluding carboxylic acids is 2. The van der Waals surface area contributed by atoms with Crippen LogP contribution in [-0.2, 0) is 33.3 Å². The highest BCUT2D eigenvalue weighted by Gasteiger charge is 2.60. The Morgan fingerprint density at radius 2 is 1.21 bits per heavy atom. The lowest BCUT2D eigenvalue weighted by Gasteiger charge is -2.43. The number of esters is 2. The number of hydrogen-bond donors (Lipinski definition) is 8. The molecule has 8 N–H and O–H groups in total. The molecule has 2 fully saturated rings. The fourth-order valence-electron chi connectivity index (χ4n) is 5.49. The van der Waals surface area contributed by atoms with E-state index in [0.717, 1.165) is 12.2 Å². The molecule has 4 rings (SSSR count). The summed E-state index contributed by atoms with van der Waals surface area (Å²) in [7, 11) is 5.26. The number of carbonyl (C=O) groups is 2. The van der Waals surface area contributed by atoms with Gasteiger partial charge in [-0.2, -0.15) is 0 Å². The minimum absolute atomic E-state index is 0.0366. The smallest absolute Gasteiger partial charge is 0.331 e. The molecule has 0 bridgehead atoms. The second-order valence-electron chi connectivity index (χ2n) is 11.6. The van der Waals surface area contributed by atoms with Crippen molar-refractivity contribution in [3.63, 3.8) is 0 Å². The first-order chi connectivity index (χ1) is 25.3. The summed E-state index contributed by atoms with van der Waals surface area (Å²) in [5.74, 6) is -4.86. The van der Waals surface area contributed by atoms with Gasteiger partial charge in [-0.05, 0) is 47.5 Å². The van der Waals surface area contributed by atoms with Gasteiger partial charge in [0.15, 0.2) is 35.4 Å². The maximum Gasteiger partial charge on any atom is 0.331 e. The number of phenols is 2. The van der Waals surface area contributed by atoms with E-state index in [0.29, 0.717) is 11.1 Å². The second-order valence-corrected chi connectivity index (χ2v) is 11.6. The number of methoxy groups -OCH3 is 4. The minimum Gasteiger partial charge on any atom is -0.502 e. The van der Waals surface area contributed by atoms with Crippen molar-refractivity contribution >= 4 is 24.1 Å². The molecule has 9 atom stereocenters. The Morgan fingerprint density at radius 3 is 1.66 bits per heavy atom. The van der Waals surface area contributed by atoms with Gasteiger partial charge >= 0.3 is 11.9 Å². The van der Waals surface area contributed by atoms with Gasteiger partial charge in [-0.3, -0.25) is 0 Å². The van der Waals surface area contributed by atoms with Crippen molar-refractivity contribution in [3.8, 4) is 34.5 Å². The molecule has 0 aromatic heterocycles. The van der Waals surface area contributed by atoms with Crippen LogP contribution in [0.5, 0.6) is 34.5 Å². The van der Waals surface area contributed by atoms with Gasteiger partial charge in [0.25, 0.3) is 0 Å². The molecule has 53 heavy (non-hydrogen) atoms. The van der Waals surface area contributed by atoms with E-state index in [1.807, 2.05) is 0 Å². The van der Waals surface area contributed by atoms with Gasteiger partial charge in [0.05, 0.1) is 35.0 Å². The Hall–Kier alpha value is -4.70. The Kier molecular flexibility index (Phi) is 13.9. The van der Waals surface area contributed by atoms with Gasteiger partial charge in [-0.15, -0.1) is 0 Å². The molecule has 0 amide bonds. The van der Waals surface area contributed by atoms with Crippen molar-refractivity contribution in [2.24, 2.45) is 0 Å². The number of ether oxygens (including phenoxy) is 9. The van der Waals surface area contributed by atoms with E-state index in [1.54, 1.807) is 0 Å². The van der Waals surface area contributed by atoms with Gasteiger partial charge in [-0.1, -0.05) is 0 Å². The van der Waals surface area contributed by atoms with E-state index < -0.39 is 86.6 Å². The molecule has 2 heterocycles. The largest absolute Gasteiger partial charge is 0.502 e. The normalized spacial score (nSPS) is 28.6. The lowest BCUT2D eigenvalue weighted by molar-refractivity contribution is -0.383. The first-order valence-corrected chi connectivity index (χ1v) is 15.8. The molecular weight excluding hydrogens is 712 g/mol. The monoisotopic (exact) mass is 754 g/mol. The number of aromatic hydroxyl groups is 2. The van der Waals surface area contributed by atoms with Gasteiger partial charge in [0.2, 0.25) is 17.3 Å². The number of benzene rings is 2. The maximum absolute atomic E-state index is 12.9. The molecule has 292 valence electrons. The first-order valence-electron chi connectivity index (χ1n) is 15.8. The van der Waals surface area contributed by atoms with Gasteiger partial charge in [0.1, 0.15) is 49.8 Å². The SMILES string of the molecule is COc1cc(/C=C\C(=O)OC[C@H]2O[C@H](O[C@@]3(CO)O[C@H](CO)[C@@H](O)[C@@H]3OC(=O)/C=C/c3cc(OC)c(O)c(OC)c3)[C@H](O)[C@@H](O)[C@@H]2O)cc(OC)c1O. The molecule has 2 aromatic carbocycles. The number of rotatable bonds is 15. The zero-order valence-electron chi connectivity index (χ0n) is 28.9. The number of aliphatic hydroxyl groups is 6. The molecule has 0 aliphatic carbocycles. The van der Waals surface area contributed by atoms with Crippen LogP contribution in [0.15, 0.2) is 36.4 Å². The van der Waals surface area contributed by atoms with Crippen molar-refractivity contribution in [3.05, 3.63) is 47.5 Å². The Balaban J connectivity index is 1.48. The molecule has 19 nitrogen and oxygen atoms in total. The van der Waals surface area contributed by atoms with Crippen LogP contribution in [0.3, 0.4) is 0 Å². The molecule has 0 unspecified atom stereocenters. The molecule has 0 saturated carbocycles. The van der Waals surface area contributed by atoms with Crippen molar-refractivity contribution in [2.45, 2.75) is 54.8 Å². The van der Waals surface area contributed by atoms with Crippen LogP contribution < -0.4 is 18.9 Å². The third-order valence-electron chi connectivity index (χ3n) is 8.32. The molecule has 2 aliphatic heterocycles. The number of aliphatic hydroxyl groups excluding tert-OH is 6. The third-order valence-corrected chi connectivity index (χ3v) is 8.32. The molecule has 19 heteroatoms. The topological polar surface area (TPSA) is 279 Å². The molecular formula is C34H42O19. The average Bonchev–Trinajstić information content (AvgIpc) is 3.42. The lowest BCUT2D eigenvalue weighted by atomic mass is 9.98. The zero-order chi connectivity index (χ0) is 39.0. The highest BCUT2D eigenvalue weighted by Crippen LogP contribution is 2.40. The van der Waals surface area contributed by atoms with E-state index in [9.17, 15) is 50.4 Å². The van der Waals surface area contributed by atoms with Gasteiger partial charge in [-0.25, -0.2) is 9.59 Å². The van der Waals surface area contributed by atoms with Crippen LogP contribution in [0.25, 0.3) is 12.2 Å². The van der Waals surface area contributed by atoms with E-state index >= 15 is 0 Å². The first kappa shape index (κ1) is 41.1. The second kappa shape index (κ2) is 17.9. The molecule has 2 saturated heterocycles.